The summed E-state index contributed by atoms with van der Waals surface area (Å²) >= 11 is 0. The number of aromatic nitrogens is 2. The van der Waals surface area contributed by atoms with Gasteiger partial charge in [-0.05, 0) is 19.8 Å². The van der Waals surface area contributed by atoms with Crippen molar-refractivity contribution in [2.24, 2.45) is 0 Å². The fourth-order valence-electron chi connectivity index (χ4n) is 2.21. The molecule has 0 radical (unpaired) electrons. The van der Waals surface area contributed by atoms with E-state index in [-0.39, 0.29) is 11.7 Å². The van der Waals surface area contributed by atoms with Gasteiger partial charge < -0.3 is 10.2 Å². The summed E-state index contributed by atoms with van der Waals surface area (Å²) in [6, 6.07) is 0.932. The maximum absolute atomic E-state index is 12.2. The molecule has 2 rings (SSSR count). The minimum atomic E-state index is -4.31. The predicted molar refractivity (Wildman–Crippen MR) is 67.2 cm³/mol. The quantitative estimate of drug-likeness (QED) is 0.921. The number of carbonyl (C=O) groups is 1. The second-order valence-electron chi connectivity index (χ2n) is 4.91. The molecule has 1 atom stereocenters. The second-order valence-corrected chi connectivity index (χ2v) is 4.91. The first-order valence-corrected chi connectivity index (χ1v) is 6.51. The van der Waals surface area contributed by atoms with E-state index in [0.717, 1.165) is 30.6 Å². The van der Waals surface area contributed by atoms with Crippen LogP contribution in [0.25, 0.3) is 0 Å². The van der Waals surface area contributed by atoms with Crippen molar-refractivity contribution in [3.05, 3.63) is 12.3 Å². The lowest BCUT2D eigenvalue weighted by molar-refractivity contribution is -0.142. The molecule has 1 aromatic heterocycles. The SMILES string of the molecule is CC(Nc1ccn(CC(F)(F)F)n1)C(=O)N1CCCC1. The molecule has 1 fully saturated rings. The highest BCUT2D eigenvalue weighted by molar-refractivity contribution is 5.84. The molecular formula is C12H17F3N4O. The third-order valence-electron chi connectivity index (χ3n) is 3.13. The molecule has 1 N–H and O–H groups in total. The Bertz CT molecular complexity index is 466. The Morgan fingerprint density at radius 3 is 2.70 bits per heavy atom. The van der Waals surface area contributed by atoms with Crippen LogP contribution >= 0.6 is 0 Å². The van der Waals surface area contributed by atoms with E-state index in [1.54, 1.807) is 11.8 Å². The number of nitrogens with one attached hydrogen (secondary N) is 1. The van der Waals surface area contributed by atoms with E-state index in [2.05, 4.69) is 10.4 Å². The lowest BCUT2D eigenvalue weighted by Crippen LogP contribution is -2.39. The van der Waals surface area contributed by atoms with Crippen LogP contribution in [0.2, 0.25) is 0 Å². The van der Waals surface area contributed by atoms with Gasteiger partial charge in [0, 0.05) is 25.4 Å². The standard InChI is InChI=1S/C12H17F3N4O/c1-9(11(20)18-5-2-3-6-18)16-10-4-7-19(17-10)8-12(13,14)15/h4,7,9H,2-3,5-6,8H2,1H3,(H,16,17). The minimum Gasteiger partial charge on any atom is -0.357 e. The number of likely N-dealkylation sites (tertiary alicyclic amines) is 1. The van der Waals surface area contributed by atoms with E-state index in [0.29, 0.717) is 0 Å². The molecule has 0 aliphatic carbocycles. The summed E-state index contributed by atoms with van der Waals surface area (Å²) in [7, 11) is 0. The zero-order valence-electron chi connectivity index (χ0n) is 11.2. The molecule has 5 nitrogen and oxygen atoms in total. The van der Waals surface area contributed by atoms with Gasteiger partial charge in [-0.1, -0.05) is 0 Å². The molecule has 1 unspecified atom stereocenters. The summed E-state index contributed by atoms with van der Waals surface area (Å²) in [6.45, 7) is 2.04. The molecule has 2 heterocycles. The summed E-state index contributed by atoms with van der Waals surface area (Å²) in [5, 5.41) is 6.59. The molecule has 1 saturated heterocycles. The molecule has 20 heavy (non-hydrogen) atoms. The number of carbonyl (C=O) groups excluding carboxylic acids is 1. The molecule has 1 amide bonds. The zero-order valence-corrected chi connectivity index (χ0v) is 11.2. The molecule has 0 saturated carbocycles. The third kappa shape index (κ3) is 3.88. The van der Waals surface area contributed by atoms with Gasteiger partial charge in [-0.25, -0.2) is 0 Å². The van der Waals surface area contributed by atoms with Crippen LogP contribution in [0, 0.1) is 0 Å². The van der Waals surface area contributed by atoms with E-state index in [4.69, 9.17) is 0 Å². The molecule has 0 aromatic carbocycles. The van der Waals surface area contributed by atoms with Gasteiger partial charge >= 0.3 is 6.18 Å². The maximum Gasteiger partial charge on any atom is 0.408 e. The number of nitrogens with zero attached hydrogens (tertiary/aromatic N) is 3. The number of anilines is 1. The van der Waals surface area contributed by atoms with E-state index in [1.807, 2.05) is 0 Å². The molecule has 1 aliphatic rings. The second kappa shape index (κ2) is 5.72. The number of hydrogen-bond donors (Lipinski definition) is 1. The Labute approximate surface area is 114 Å². The molecule has 8 heteroatoms. The smallest absolute Gasteiger partial charge is 0.357 e. The van der Waals surface area contributed by atoms with Gasteiger partial charge in [-0.3, -0.25) is 9.48 Å². The highest BCUT2D eigenvalue weighted by atomic mass is 19.4. The first-order chi connectivity index (χ1) is 9.35. The van der Waals surface area contributed by atoms with Crippen LogP contribution in [-0.2, 0) is 11.3 Å². The Morgan fingerprint density at radius 1 is 1.45 bits per heavy atom. The van der Waals surface area contributed by atoms with Crippen molar-refractivity contribution < 1.29 is 18.0 Å². The van der Waals surface area contributed by atoms with Crippen LogP contribution in [0.4, 0.5) is 19.0 Å². The van der Waals surface area contributed by atoms with E-state index in [9.17, 15) is 18.0 Å². The van der Waals surface area contributed by atoms with E-state index < -0.39 is 18.8 Å². The fraction of sp³-hybridized carbons (Fsp3) is 0.667. The molecule has 112 valence electrons. The van der Waals surface area contributed by atoms with Crippen molar-refractivity contribution in [3.8, 4) is 0 Å². The largest absolute Gasteiger partial charge is 0.408 e. The van der Waals surface area contributed by atoms with Crippen molar-refractivity contribution in [2.45, 2.75) is 38.5 Å². The van der Waals surface area contributed by atoms with Gasteiger partial charge in [0.05, 0.1) is 0 Å². The molecule has 1 aliphatic heterocycles. The van der Waals surface area contributed by atoms with E-state index >= 15 is 0 Å². The number of hydrogen-bond acceptors (Lipinski definition) is 3. The summed E-state index contributed by atoms with van der Waals surface area (Å²) < 4.78 is 37.4. The normalized spacial score (nSPS) is 17.3. The Morgan fingerprint density at radius 2 is 2.10 bits per heavy atom. The van der Waals surface area contributed by atoms with Crippen molar-refractivity contribution in [1.29, 1.82) is 0 Å². The van der Waals surface area contributed by atoms with Crippen LogP contribution in [0.15, 0.2) is 12.3 Å². The number of rotatable bonds is 4. The summed E-state index contributed by atoms with van der Waals surface area (Å²) in [5.41, 5.74) is 0. The fourth-order valence-corrected chi connectivity index (χ4v) is 2.21. The Balaban J connectivity index is 1.91. The van der Waals surface area contributed by atoms with Gasteiger partial charge in [0.25, 0.3) is 0 Å². The lowest BCUT2D eigenvalue weighted by atomic mass is 10.3. The average molecular weight is 290 g/mol. The summed E-state index contributed by atoms with van der Waals surface area (Å²) in [4.78, 5) is 13.8. The predicted octanol–water partition coefficient (Wildman–Crippen LogP) is 1.87. The first-order valence-electron chi connectivity index (χ1n) is 6.51. The summed E-state index contributed by atoms with van der Waals surface area (Å²) in [6.07, 6.45) is -1.07. The van der Waals surface area contributed by atoms with Gasteiger partial charge in [-0.15, -0.1) is 0 Å². The Hall–Kier alpha value is -1.73. The first kappa shape index (κ1) is 14.7. The molecule has 0 bridgehead atoms. The van der Waals surface area contributed by atoms with E-state index in [1.165, 1.54) is 12.3 Å². The number of amides is 1. The number of alkyl halides is 3. The zero-order chi connectivity index (χ0) is 14.8. The van der Waals surface area contributed by atoms with Crippen molar-refractivity contribution >= 4 is 11.7 Å². The van der Waals surface area contributed by atoms with Gasteiger partial charge in [0.2, 0.25) is 5.91 Å². The molecule has 0 spiro atoms. The highest BCUT2D eigenvalue weighted by Gasteiger charge is 2.28. The van der Waals surface area contributed by atoms with Crippen molar-refractivity contribution in [1.82, 2.24) is 14.7 Å². The molecular weight excluding hydrogens is 273 g/mol. The van der Waals surface area contributed by atoms with Gasteiger partial charge in [0.15, 0.2) is 0 Å². The lowest BCUT2D eigenvalue weighted by Gasteiger charge is -2.20. The topological polar surface area (TPSA) is 50.2 Å². The Kier molecular flexibility index (Phi) is 4.20. The van der Waals surface area contributed by atoms with Crippen LogP contribution < -0.4 is 5.32 Å². The third-order valence-corrected chi connectivity index (χ3v) is 3.13. The summed E-state index contributed by atoms with van der Waals surface area (Å²) in [5.74, 6) is 0.224. The van der Waals surface area contributed by atoms with Crippen molar-refractivity contribution in [2.75, 3.05) is 18.4 Å². The highest BCUT2D eigenvalue weighted by Crippen LogP contribution is 2.18. The van der Waals surface area contributed by atoms with Crippen LogP contribution in [0.1, 0.15) is 19.8 Å². The minimum absolute atomic E-state index is 0.0483. The van der Waals surface area contributed by atoms with Crippen molar-refractivity contribution in [3.63, 3.8) is 0 Å². The average Bonchev–Trinajstić information content (AvgIpc) is 2.97. The van der Waals surface area contributed by atoms with Gasteiger partial charge in [-0.2, -0.15) is 18.3 Å². The van der Waals surface area contributed by atoms with Crippen LogP contribution in [-0.4, -0.2) is 45.9 Å². The van der Waals surface area contributed by atoms with Crippen LogP contribution in [0.3, 0.4) is 0 Å². The molecule has 1 aromatic rings. The number of halogens is 3. The maximum atomic E-state index is 12.2. The van der Waals surface area contributed by atoms with Crippen LogP contribution in [0.5, 0.6) is 0 Å². The van der Waals surface area contributed by atoms with Gasteiger partial charge in [0.1, 0.15) is 18.4 Å². The monoisotopic (exact) mass is 290 g/mol.